The first-order chi connectivity index (χ1) is 15.5. The van der Waals surface area contributed by atoms with Crippen molar-refractivity contribution in [2.45, 2.75) is 0 Å². The SMILES string of the molecule is O=C(O)CN(C(=O)CN1C(=O)c2ccccc2C1=O)c1ccccc1Nc1ccccc1. The third-order valence-corrected chi connectivity index (χ3v) is 5.01. The molecule has 0 aliphatic carbocycles. The molecule has 0 fully saturated rings. The van der Waals surface area contributed by atoms with Crippen LogP contribution in [-0.2, 0) is 9.59 Å². The average molecular weight is 429 g/mol. The Morgan fingerprint density at radius 3 is 2.00 bits per heavy atom. The molecule has 3 amide bonds. The van der Waals surface area contributed by atoms with Crippen LogP contribution in [0.5, 0.6) is 0 Å². The second-order valence-electron chi connectivity index (χ2n) is 7.12. The Labute approximate surface area is 183 Å². The topological polar surface area (TPSA) is 107 Å². The highest BCUT2D eigenvalue weighted by atomic mass is 16.4. The van der Waals surface area contributed by atoms with Crippen molar-refractivity contribution in [3.05, 3.63) is 90.0 Å². The van der Waals surface area contributed by atoms with Crippen molar-refractivity contribution in [3.8, 4) is 0 Å². The number of benzene rings is 3. The van der Waals surface area contributed by atoms with E-state index in [0.29, 0.717) is 11.4 Å². The highest BCUT2D eigenvalue weighted by Gasteiger charge is 2.37. The zero-order valence-electron chi connectivity index (χ0n) is 16.9. The molecule has 3 aromatic rings. The number of fused-ring (bicyclic) bond motifs is 1. The minimum absolute atomic E-state index is 0.223. The Balaban J connectivity index is 1.63. The van der Waals surface area contributed by atoms with Crippen LogP contribution in [0.3, 0.4) is 0 Å². The maximum absolute atomic E-state index is 13.2. The van der Waals surface area contributed by atoms with Gasteiger partial charge in [0, 0.05) is 5.69 Å². The molecular formula is C24H19N3O5. The number of hydrogen-bond acceptors (Lipinski definition) is 5. The minimum Gasteiger partial charge on any atom is -0.480 e. The minimum atomic E-state index is -1.23. The van der Waals surface area contributed by atoms with E-state index in [-0.39, 0.29) is 11.1 Å². The van der Waals surface area contributed by atoms with Crippen LogP contribution in [0, 0.1) is 0 Å². The van der Waals surface area contributed by atoms with Gasteiger partial charge < -0.3 is 10.4 Å². The quantitative estimate of drug-likeness (QED) is 0.559. The first-order valence-electron chi connectivity index (χ1n) is 9.84. The fourth-order valence-electron chi connectivity index (χ4n) is 3.54. The van der Waals surface area contributed by atoms with Crippen molar-refractivity contribution in [3.63, 3.8) is 0 Å². The number of nitrogens with one attached hydrogen (secondary N) is 1. The summed E-state index contributed by atoms with van der Waals surface area (Å²) in [5.41, 5.74) is 2.03. The van der Waals surface area contributed by atoms with Crippen LogP contribution in [0.15, 0.2) is 78.9 Å². The standard InChI is InChI=1S/C24H19N3O5/c28-21(14-27-23(31)17-10-4-5-11-18(17)24(27)32)26(15-22(29)30)20-13-7-6-12-19(20)25-16-8-2-1-3-9-16/h1-13,25H,14-15H2,(H,29,30). The van der Waals surface area contributed by atoms with Crippen LogP contribution < -0.4 is 10.2 Å². The lowest BCUT2D eigenvalue weighted by atomic mass is 10.1. The summed E-state index contributed by atoms with van der Waals surface area (Å²) in [6, 6.07) is 22.3. The third-order valence-electron chi connectivity index (χ3n) is 5.01. The number of carbonyl (C=O) groups is 4. The number of aliphatic carboxylic acids is 1. The van der Waals surface area contributed by atoms with Crippen LogP contribution in [-0.4, -0.2) is 46.8 Å². The molecule has 160 valence electrons. The molecule has 8 heteroatoms. The van der Waals surface area contributed by atoms with Crippen molar-refractivity contribution >= 4 is 40.8 Å². The number of amides is 3. The summed E-state index contributed by atoms with van der Waals surface area (Å²) >= 11 is 0. The molecule has 1 aliphatic rings. The van der Waals surface area contributed by atoms with E-state index < -0.39 is 36.8 Å². The third kappa shape index (κ3) is 4.06. The van der Waals surface area contributed by atoms with Gasteiger partial charge in [-0.3, -0.25) is 29.0 Å². The van der Waals surface area contributed by atoms with E-state index in [4.69, 9.17) is 0 Å². The van der Waals surface area contributed by atoms with E-state index in [1.807, 2.05) is 30.3 Å². The molecule has 0 radical (unpaired) electrons. The molecule has 1 heterocycles. The second kappa shape index (κ2) is 8.73. The Hall–Kier alpha value is -4.46. The lowest BCUT2D eigenvalue weighted by Gasteiger charge is -2.26. The smallest absolute Gasteiger partial charge is 0.323 e. The number of nitrogens with zero attached hydrogens (tertiary/aromatic N) is 2. The Morgan fingerprint density at radius 2 is 1.38 bits per heavy atom. The fourth-order valence-corrected chi connectivity index (χ4v) is 3.54. The van der Waals surface area contributed by atoms with E-state index in [1.165, 1.54) is 12.1 Å². The van der Waals surface area contributed by atoms with Crippen LogP contribution in [0.25, 0.3) is 0 Å². The van der Waals surface area contributed by atoms with Crippen molar-refractivity contribution in [2.75, 3.05) is 23.3 Å². The normalized spacial score (nSPS) is 12.4. The largest absolute Gasteiger partial charge is 0.480 e. The summed E-state index contributed by atoms with van der Waals surface area (Å²) in [5.74, 6) is -3.07. The summed E-state index contributed by atoms with van der Waals surface area (Å²) < 4.78 is 0. The lowest BCUT2D eigenvalue weighted by Crippen LogP contribution is -2.45. The number of rotatable bonds is 7. The maximum atomic E-state index is 13.2. The molecule has 0 aromatic heterocycles. The van der Waals surface area contributed by atoms with Crippen molar-refractivity contribution in [1.82, 2.24) is 4.90 Å². The number of carbonyl (C=O) groups excluding carboxylic acids is 3. The molecule has 32 heavy (non-hydrogen) atoms. The van der Waals surface area contributed by atoms with Crippen molar-refractivity contribution < 1.29 is 24.3 Å². The first-order valence-corrected chi connectivity index (χ1v) is 9.84. The predicted octanol–water partition coefficient (Wildman–Crippen LogP) is 3.14. The van der Waals surface area contributed by atoms with Gasteiger partial charge in [0.05, 0.1) is 22.5 Å². The van der Waals surface area contributed by atoms with E-state index >= 15 is 0 Å². The average Bonchev–Trinajstić information content (AvgIpc) is 3.03. The van der Waals surface area contributed by atoms with E-state index in [9.17, 15) is 24.3 Å². The van der Waals surface area contributed by atoms with E-state index in [0.717, 1.165) is 15.5 Å². The summed E-state index contributed by atoms with van der Waals surface area (Å²) in [7, 11) is 0. The highest BCUT2D eigenvalue weighted by Crippen LogP contribution is 2.30. The maximum Gasteiger partial charge on any atom is 0.323 e. The Kier molecular flexibility index (Phi) is 5.67. The summed E-state index contributed by atoms with van der Waals surface area (Å²) in [5, 5.41) is 12.6. The first kappa shape index (κ1) is 20.8. The Bertz CT molecular complexity index is 1170. The van der Waals surface area contributed by atoms with E-state index in [2.05, 4.69) is 5.32 Å². The van der Waals surface area contributed by atoms with Gasteiger partial charge in [-0.2, -0.15) is 0 Å². The van der Waals surface area contributed by atoms with Crippen molar-refractivity contribution in [2.24, 2.45) is 0 Å². The number of anilines is 3. The highest BCUT2D eigenvalue weighted by molar-refractivity contribution is 6.23. The summed E-state index contributed by atoms with van der Waals surface area (Å²) in [4.78, 5) is 51.9. The van der Waals surface area contributed by atoms with Gasteiger partial charge in [-0.05, 0) is 36.4 Å². The van der Waals surface area contributed by atoms with Gasteiger partial charge >= 0.3 is 5.97 Å². The molecule has 0 saturated carbocycles. The Morgan fingerprint density at radius 1 is 0.812 bits per heavy atom. The van der Waals surface area contributed by atoms with Crippen LogP contribution in [0.4, 0.5) is 17.1 Å². The molecule has 0 unspecified atom stereocenters. The number of hydrogen-bond donors (Lipinski definition) is 2. The van der Waals surface area contributed by atoms with Crippen LogP contribution in [0.2, 0.25) is 0 Å². The number of carboxylic acid groups (broad SMARTS) is 1. The zero-order chi connectivity index (χ0) is 22.7. The molecule has 3 aromatic carbocycles. The molecule has 0 saturated heterocycles. The van der Waals surface area contributed by atoms with Crippen LogP contribution in [0.1, 0.15) is 20.7 Å². The lowest BCUT2D eigenvalue weighted by molar-refractivity contribution is -0.136. The fraction of sp³-hybridized carbons (Fsp3) is 0.0833. The van der Waals surface area contributed by atoms with Gasteiger partial charge in [0.2, 0.25) is 5.91 Å². The number of carboxylic acids is 1. The van der Waals surface area contributed by atoms with Gasteiger partial charge in [0.1, 0.15) is 13.1 Å². The molecule has 2 N–H and O–H groups in total. The molecule has 0 spiro atoms. The molecule has 0 bridgehead atoms. The van der Waals surface area contributed by atoms with Gasteiger partial charge in [-0.15, -0.1) is 0 Å². The molecule has 8 nitrogen and oxygen atoms in total. The van der Waals surface area contributed by atoms with Gasteiger partial charge in [-0.25, -0.2) is 0 Å². The van der Waals surface area contributed by atoms with E-state index in [1.54, 1.807) is 36.4 Å². The van der Waals surface area contributed by atoms with Gasteiger partial charge in [-0.1, -0.05) is 42.5 Å². The molecule has 4 rings (SSSR count). The second-order valence-corrected chi connectivity index (χ2v) is 7.12. The number of imide groups is 1. The van der Waals surface area contributed by atoms with Crippen molar-refractivity contribution in [1.29, 1.82) is 0 Å². The monoisotopic (exact) mass is 429 g/mol. The number of para-hydroxylation sites is 3. The van der Waals surface area contributed by atoms with Crippen LogP contribution >= 0.6 is 0 Å². The molecule has 1 aliphatic heterocycles. The van der Waals surface area contributed by atoms with Gasteiger partial charge in [0.15, 0.2) is 0 Å². The molecule has 0 atom stereocenters. The summed E-state index contributed by atoms with van der Waals surface area (Å²) in [6.45, 7) is -1.20. The molecular weight excluding hydrogens is 410 g/mol. The van der Waals surface area contributed by atoms with Gasteiger partial charge in [0.25, 0.3) is 11.8 Å². The predicted molar refractivity (Wildman–Crippen MR) is 118 cm³/mol. The zero-order valence-corrected chi connectivity index (χ0v) is 16.9. The summed E-state index contributed by atoms with van der Waals surface area (Å²) in [6.07, 6.45) is 0.